The number of rotatable bonds is 1. The van der Waals surface area contributed by atoms with Crippen LogP contribution in [0.4, 0.5) is 0 Å². The summed E-state index contributed by atoms with van der Waals surface area (Å²) in [6.07, 6.45) is 0. The maximum absolute atomic E-state index is 12.4. The summed E-state index contributed by atoms with van der Waals surface area (Å²) in [6, 6.07) is 6.65. The molecule has 0 spiro atoms. The van der Waals surface area contributed by atoms with Gasteiger partial charge >= 0.3 is 0 Å². The lowest BCUT2D eigenvalue weighted by Crippen LogP contribution is -2.49. The van der Waals surface area contributed by atoms with Crippen molar-refractivity contribution in [1.82, 2.24) is 4.90 Å². The molecule has 1 atom stereocenters. The van der Waals surface area contributed by atoms with Gasteiger partial charge in [-0.1, -0.05) is 11.8 Å². The van der Waals surface area contributed by atoms with Gasteiger partial charge in [0, 0.05) is 23.7 Å². The van der Waals surface area contributed by atoms with Crippen molar-refractivity contribution in [3.63, 3.8) is 0 Å². The van der Waals surface area contributed by atoms with Gasteiger partial charge in [-0.25, -0.2) is 8.42 Å². The standard InChI is InChI=1S/C15H18N2O3S/c1-12-11-21(19,20)10-9-17(12)15(18)14-6-4-13(5-7-14)3-2-8-16/h4-7,12H,8-11,16H2,1H3. The number of carbonyl (C=O) groups is 1. The Bertz CT molecular complexity index is 684. The molecule has 1 aromatic rings. The first kappa shape index (κ1) is 15.5. The Kier molecular flexibility index (Phi) is 4.66. The first-order valence-electron chi connectivity index (χ1n) is 6.73. The lowest BCUT2D eigenvalue weighted by atomic mass is 10.1. The zero-order valence-electron chi connectivity index (χ0n) is 11.9. The smallest absolute Gasteiger partial charge is 0.254 e. The van der Waals surface area contributed by atoms with Gasteiger partial charge < -0.3 is 10.6 Å². The number of carbonyl (C=O) groups excluding carboxylic acids is 1. The molecule has 1 heterocycles. The zero-order chi connectivity index (χ0) is 15.5. The topological polar surface area (TPSA) is 80.5 Å². The maximum Gasteiger partial charge on any atom is 0.254 e. The van der Waals surface area contributed by atoms with Gasteiger partial charge in [0.1, 0.15) is 0 Å². The fraction of sp³-hybridized carbons (Fsp3) is 0.400. The van der Waals surface area contributed by atoms with E-state index in [4.69, 9.17) is 5.73 Å². The van der Waals surface area contributed by atoms with E-state index in [0.717, 1.165) is 5.56 Å². The second-order valence-corrected chi connectivity index (χ2v) is 7.27. The van der Waals surface area contributed by atoms with Crippen LogP contribution >= 0.6 is 0 Å². The molecule has 0 aromatic heterocycles. The molecule has 1 aromatic carbocycles. The molecule has 112 valence electrons. The van der Waals surface area contributed by atoms with Gasteiger partial charge in [0.25, 0.3) is 5.91 Å². The average Bonchev–Trinajstić information content (AvgIpc) is 2.44. The first-order chi connectivity index (χ1) is 9.93. The summed E-state index contributed by atoms with van der Waals surface area (Å²) in [4.78, 5) is 14.0. The number of hydrogen-bond acceptors (Lipinski definition) is 4. The minimum absolute atomic E-state index is 0.0266. The zero-order valence-corrected chi connectivity index (χ0v) is 12.7. The molecule has 6 heteroatoms. The highest BCUT2D eigenvalue weighted by Crippen LogP contribution is 2.15. The van der Waals surface area contributed by atoms with Crippen LogP contribution in [0.25, 0.3) is 0 Å². The second kappa shape index (κ2) is 6.29. The molecule has 0 aliphatic carbocycles. The van der Waals surface area contributed by atoms with Gasteiger partial charge in [-0.3, -0.25) is 4.79 Å². The molecule has 0 radical (unpaired) electrons. The molecule has 0 saturated carbocycles. The Balaban J connectivity index is 2.13. The molecular formula is C15H18N2O3S. The van der Waals surface area contributed by atoms with Crippen molar-refractivity contribution in [2.75, 3.05) is 24.6 Å². The summed E-state index contributed by atoms with van der Waals surface area (Å²) in [7, 11) is -3.02. The SMILES string of the molecule is CC1CS(=O)(=O)CCN1C(=O)c1ccc(C#CCN)cc1. The predicted molar refractivity (Wildman–Crippen MR) is 81.5 cm³/mol. The molecule has 1 amide bonds. The Morgan fingerprint density at radius 1 is 1.38 bits per heavy atom. The first-order valence-corrected chi connectivity index (χ1v) is 8.55. The monoisotopic (exact) mass is 306 g/mol. The average molecular weight is 306 g/mol. The molecule has 1 saturated heterocycles. The van der Waals surface area contributed by atoms with Crippen molar-refractivity contribution in [2.24, 2.45) is 5.73 Å². The van der Waals surface area contributed by atoms with Crippen molar-refractivity contribution in [1.29, 1.82) is 0 Å². The van der Waals surface area contributed by atoms with Crippen LogP contribution in [-0.4, -0.2) is 49.9 Å². The quantitative estimate of drug-likeness (QED) is 0.755. The van der Waals surface area contributed by atoms with Crippen LogP contribution in [0.15, 0.2) is 24.3 Å². The second-order valence-electron chi connectivity index (χ2n) is 5.05. The van der Waals surface area contributed by atoms with Crippen LogP contribution in [0.2, 0.25) is 0 Å². The van der Waals surface area contributed by atoms with Gasteiger partial charge in [0.05, 0.1) is 18.1 Å². The summed E-state index contributed by atoms with van der Waals surface area (Å²) in [5.41, 5.74) is 6.64. The Morgan fingerprint density at radius 3 is 2.62 bits per heavy atom. The van der Waals surface area contributed by atoms with Crippen LogP contribution < -0.4 is 5.73 Å². The highest BCUT2D eigenvalue weighted by Gasteiger charge is 2.31. The molecule has 21 heavy (non-hydrogen) atoms. The third-order valence-corrected chi connectivity index (χ3v) is 5.19. The van der Waals surface area contributed by atoms with E-state index >= 15 is 0 Å². The third-order valence-electron chi connectivity index (χ3n) is 3.40. The van der Waals surface area contributed by atoms with E-state index in [-0.39, 0.29) is 30.0 Å². The lowest BCUT2D eigenvalue weighted by molar-refractivity contribution is 0.0712. The van der Waals surface area contributed by atoms with E-state index in [1.54, 1.807) is 36.1 Å². The predicted octanol–water partition coefficient (Wildman–Crippen LogP) is 0.256. The molecule has 2 N–H and O–H groups in total. The third kappa shape index (κ3) is 3.84. The van der Waals surface area contributed by atoms with Crippen LogP contribution in [0.3, 0.4) is 0 Å². The van der Waals surface area contributed by atoms with E-state index in [2.05, 4.69) is 11.8 Å². The van der Waals surface area contributed by atoms with Gasteiger partial charge in [-0.05, 0) is 31.2 Å². The molecule has 1 fully saturated rings. The number of amides is 1. The number of nitrogens with zero attached hydrogens (tertiary/aromatic N) is 1. The lowest BCUT2D eigenvalue weighted by Gasteiger charge is -2.33. The number of benzene rings is 1. The van der Waals surface area contributed by atoms with Crippen LogP contribution in [0.5, 0.6) is 0 Å². The van der Waals surface area contributed by atoms with Gasteiger partial charge in [0.15, 0.2) is 9.84 Å². The van der Waals surface area contributed by atoms with Crippen LogP contribution in [0.1, 0.15) is 22.8 Å². The van der Waals surface area contributed by atoms with E-state index in [9.17, 15) is 13.2 Å². The minimum atomic E-state index is -3.02. The summed E-state index contributed by atoms with van der Waals surface area (Å²) in [5.74, 6) is 5.55. The molecule has 1 aliphatic rings. The van der Waals surface area contributed by atoms with Crippen molar-refractivity contribution in [3.05, 3.63) is 35.4 Å². The van der Waals surface area contributed by atoms with Gasteiger partial charge in [0.2, 0.25) is 0 Å². The summed E-state index contributed by atoms with van der Waals surface area (Å²) >= 11 is 0. The van der Waals surface area contributed by atoms with Gasteiger partial charge in [-0.2, -0.15) is 0 Å². The molecule has 1 aliphatic heterocycles. The number of nitrogens with two attached hydrogens (primary N) is 1. The number of hydrogen-bond donors (Lipinski definition) is 1. The van der Waals surface area contributed by atoms with Crippen molar-refractivity contribution in [3.8, 4) is 11.8 Å². The molecule has 0 bridgehead atoms. The Labute approximate surface area is 125 Å². The largest absolute Gasteiger partial charge is 0.334 e. The van der Waals surface area contributed by atoms with Crippen molar-refractivity contribution in [2.45, 2.75) is 13.0 Å². The summed E-state index contributed by atoms with van der Waals surface area (Å²) in [6.45, 7) is 2.30. The minimum Gasteiger partial charge on any atom is -0.334 e. The molecule has 5 nitrogen and oxygen atoms in total. The highest BCUT2D eigenvalue weighted by atomic mass is 32.2. The van der Waals surface area contributed by atoms with Crippen LogP contribution in [-0.2, 0) is 9.84 Å². The maximum atomic E-state index is 12.4. The molecular weight excluding hydrogens is 288 g/mol. The summed E-state index contributed by atoms with van der Waals surface area (Å²) < 4.78 is 23.1. The number of sulfone groups is 1. The van der Waals surface area contributed by atoms with Gasteiger partial charge in [-0.15, -0.1) is 0 Å². The Morgan fingerprint density at radius 2 is 2.05 bits per heavy atom. The van der Waals surface area contributed by atoms with Crippen molar-refractivity contribution >= 4 is 15.7 Å². The van der Waals surface area contributed by atoms with E-state index in [0.29, 0.717) is 12.1 Å². The van der Waals surface area contributed by atoms with E-state index < -0.39 is 9.84 Å². The van der Waals surface area contributed by atoms with E-state index in [1.807, 2.05) is 0 Å². The van der Waals surface area contributed by atoms with Crippen LogP contribution in [0, 0.1) is 11.8 Å². The fourth-order valence-corrected chi connectivity index (χ4v) is 3.87. The molecule has 1 unspecified atom stereocenters. The highest BCUT2D eigenvalue weighted by molar-refractivity contribution is 7.91. The van der Waals surface area contributed by atoms with E-state index in [1.165, 1.54) is 0 Å². The Hall–Kier alpha value is -1.84. The van der Waals surface area contributed by atoms with Crippen molar-refractivity contribution < 1.29 is 13.2 Å². The summed E-state index contributed by atoms with van der Waals surface area (Å²) in [5, 5.41) is 0. The molecule has 2 rings (SSSR count). The fourth-order valence-electron chi connectivity index (χ4n) is 2.32. The normalized spacial score (nSPS) is 20.5.